The van der Waals surface area contributed by atoms with Crippen LogP contribution in [0.4, 0.5) is 14.5 Å². The van der Waals surface area contributed by atoms with Crippen LogP contribution in [-0.4, -0.2) is 6.04 Å². The lowest BCUT2D eigenvalue weighted by molar-refractivity contribution is 0.584. The fraction of sp³-hybridized carbons (Fsp3) is 0.200. The standard InChI is InChI=1S/C15H15F2N/c1-10(2)18-15-6-4-3-5-14(15)11-7-12(16)9-13(17)8-11/h3-10,18H,1-2H3. The van der Waals surface area contributed by atoms with Gasteiger partial charge in [-0.05, 0) is 37.6 Å². The molecule has 94 valence electrons. The molecule has 2 aromatic carbocycles. The number of para-hydroxylation sites is 1. The van der Waals surface area contributed by atoms with E-state index < -0.39 is 11.6 Å². The normalized spacial score (nSPS) is 10.7. The quantitative estimate of drug-likeness (QED) is 0.844. The molecule has 0 amide bonds. The topological polar surface area (TPSA) is 12.0 Å². The Labute approximate surface area is 105 Å². The molecule has 0 saturated carbocycles. The third-order valence-corrected chi connectivity index (χ3v) is 2.54. The Morgan fingerprint density at radius 3 is 2.17 bits per heavy atom. The zero-order chi connectivity index (χ0) is 13.1. The van der Waals surface area contributed by atoms with Crippen LogP contribution >= 0.6 is 0 Å². The zero-order valence-corrected chi connectivity index (χ0v) is 10.4. The van der Waals surface area contributed by atoms with Gasteiger partial charge in [0.25, 0.3) is 0 Å². The van der Waals surface area contributed by atoms with Gasteiger partial charge in [0.15, 0.2) is 0 Å². The number of benzene rings is 2. The number of hydrogen-bond donors (Lipinski definition) is 1. The van der Waals surface area contributed by atoms with E-state index in [-0.39, 0.29) is 6.04 Å². The summed E-state index contributed by atoms with van der Waals surface area (Å²) in [4.78, 5) is 0. The number of rotatable bonds is 3. The summed E-state index contributed by atoms with van der Waals surface area (Å²) in [5.41, 5.74) is 2.21. The summed E-state index contributed by atoms with van der Waals surface area (Å²) in [6.07, 6.45) is 0. The number of nitrogens with one attached hydrogen (secondary N) is 1. The van der Waals surface area contributed by atoms with Gasteiger partial charge in [-0.15, -0.1) is 0 Å². The van der Waals surface area contributed by atoms with Crippen LogP contribution in [0.2, 0.25) is 0 Å². The van der Waals surface area contributed by atoms with Gasteiger partial charge in [0.05, 0.1) is 0 Å². The van der Waals surface area contributed by atoms with Crippen LogP contribution in [0.1, 0.15) is 13.8 Å². The fourth-order valence-electron chi connectivity index (χ4n) is 1.88. The van der Waals surface area contributed by atoms with E-state index in [1.54, 1.807) is 0 Å². The van der Waals surface area contributed by atoms with Gasteiger partial charge in [0.1, 0.15) is 11.6 Å². The highest BCUT2D eigenvalue weighted by Gasteiger charge is 2.08. The molecule has 0 aliphatic rings. The Kier molecular flexibility index (Phi) is 3.60. The van der Waals surface area contributed by atoms with Crippen molar-refractivity contribution in [2.45, 2.75) is 19.9 Å². The predicted octanol–water partition coefficient (Wildman–Crippen LogP) is 4.45. The summed E-state index contributed by atoms with van der Waals surface area (Å²) >= 11 is 0. The van der Waals surface area contributed by atoms with Crippen LogP contribution in [0.15, 0.2) is 42.5 Å². The maximum absolute atomic E-state index is 13.2. The van der Waals surface area contributed by atoms with Gasteiger partial charge in [-0.1, -0.05) is 18.2 Å². The van der Waals surface area contributed by atoms with Crippen LogP contribution in [0, 0.1) is 11.6 Å². The number of anilines is 1. The first kappa shape index (κ1) is 12.6. The molecule has 0 radical (unpaired) electrons. The van der Waals surface area contributed by atoms with Gasteiger partial charge in [0.2, 0.25) is 0 Å². The van der Waals surface area contributed by atoms with Crippen molar-refractivity contribution >= 4 is 5.69 Å². The molecule has 3 heteroatoms. The largest absolute Gasteiger partial charge is 0.382 e. The van der Waals surface area contributed by atoms with Gasteiger partial charge in [-0.25, -0.2) is 8.78 Å². The first-order chi connectivity index (χ1) is 8.56. The molecule has 0 saturated heterocycles. The second-order valence-electron chi connectivity index (χ2n) is 4.50. The lowest BCUT2D eigenvalue weighted by Crippen LogP contribution is -2.10. The lowest BCUT2D eigenvalue weighted by Gasteiger charge is -2.15. The van der Waals surface area contributed by atoms with E-state index in [1.165, 1.54) is 12.1 Å². The van der Waals surface area contributed by atoms with Gasteiger partial charge in [-0.3, -0.25) is 0 Å². The minimum absolute atomic E-state index is 0.254. The minimum atomic E-state index is -0.565. The maximum Gasteiger partial charge on any atom is 0.126 e. The summed E-state index contributed by atoms with van der Waals surface area (Å²) in [6, 6.07) is 11.3. The summed E-state index contributed by atoms with van der Waals surface area (Å²) < 4.78 is 26.5. The highest BCUT2D eigenvalue weighted by atomic mass is 19.1. The van der Waals surface area contributed by atoms with E-state index in [9.17, 15) is 8.78 Å². The molecule has 0 aromatic heterocycles. The molecule has 2 aromatic rings. The zero-order valence-electron chi connectivity index (χ0n) is 10.4. The van der Waals surface area contributed by atoms with Gasteiger partial charge in [0, 0.05) is 23.4 Å². The van der Waals surface area contributed by atoms with E-state index >= 15 is 0 Å². The molecule has 1 N–H and O–H groups in total. The smallest absolute Gasteiger partial charge is 0.126 e. The van der Waals surface area contributed by atoms with Crippen LogP contribution in [0.3, 0.4) is 0 Å². The van der Waals surface area contributed by atoms with Crippen molar-refractivity contribution in [2.75, 3.05) is 5.32 Å². The summed E-state index contributed by atoms with van der Waals surface area (Å²) in [5.74, 6) is -1.13. The summed E-state index contributed by atoms with van der Waals surface area (Å²) in [7, 11) is 0. The number of hydrogen-bond acceptors (Lipinski definition) is 1. The second kappa shape index (κ2) is 5.17. The van der Waals surface area contributed by atoms with Gasteiger partial charge < -0.3 is 5.32 Å². The molecule has 0 atom stereocenters. The first-order valence-corrected chi connectivity index (χ1v) is 5.88. The Hall–Kier alpha value is -1.90. The monoisotopic (exact) mass is 247 g/mol. The Bertz CT molecular complexity index is 530. The van der Waals surface area contributed by atoms with Crippen molar-refractivity contribution in [3.05, 3.63) is 54.1 Å². The fourth-order valence-corrected chi connectivity index (χ4v) is 1.88. The van der Waals surface area contributed by atoms with E-state index in [0.29, 0.717) is 5.56 Å². The Morgan fingerprint density at radius 1 is 0.944 bits per heavy atom. The second-order valence-corrected chi connectivity index (χ2v) is 4.50. The molecule has 0 heterocycles. The van der Waals surface area contributed by atoms with Crippen LogP contribution in [0.5, 0.6) is 0 Å². The van der Waals surface area contributed by atoms with Crippen molar-refractivity contribution < 1.29 is 8.78 Å². The molecule has 2 rings (SSSR count). The highest BCUT2D eigenvalue weighted by Crippen LogP contribution is 2.29. The molecule has 0 aliphatic heterocycles. The molecule has 0 fully saturated rings. The predicted molar refractivity (Wildman–Crippen MR) is 70.6 cm³/mol. The van der Waals surface area contributed by atoms with E-state index in [0.717, 1.165) is 17.3 Å². The molecule has 18 heavy (non-hydrogen) atoms. The minimum Gasteiger partial charge on any atom is -0.382 e. The third kappa shape index (κ3) is 2.86. The molecule has 0 bridgehead atoms. The summed E-state index contributed by atoms with van der Waals surface area (Å²) in [5, 5.41) is 3.27. The van der Waals surface area contributed by atoms with Crippen LogP contribution < -0.4 is 5.32 Å². The Morgan fingerprint density at radius 2 is 1.56 bits per heavy atom. The highest BCUT2D eigenvalue weighted by molar-refractivity contribution is 5.78. The third-order valence-electron chi connectivity index (χ3n) is 2.54. The SMILES string of the molecule is CC(C)Nc1ccccc1-c1cc(F)cc(F)c1. The number of halogens is 2. The molecule has 0 unspecified atom stereocenters. The van der Waals surface area contributed by atoms with Gasteiger partial charge >= 0.3 is 0 Å². The summed E-state index contributed by atoms with van der Waals surface area (Å²) in [6.45, 7) is 4.03. The maximum atomic E-state index is 13.2. The van der Waals surface area contributed by atoms with Crippen molar-refractivity contribution in [1.29, 1.82) is 0 Å². The molecular weight excluding hydrogens is 232 g/mol. The van der Waals surface area contributed by atoms with E-state index in [2.05, 4.69) is 5.32 Å². The van der Waals surface area contributed by atoms with E-state index in [4.69, 9.17) is 0 Å². The lowest BCUT2D eigenvalue weighted by atomic mass is 10.0. The molecule has 0 aliphatic carbocycles. The van der Waals surface area contributed by atoms with Crippen molar-refractivity contribution in [1.82, 2.24) is 0 Å². The molecular formula is C15H15F2N. The van der Waals surface area contributed by atoms with Crippen molar-refractivity contribution in [3.63, 3.8) is 0 Å². The Balaban J connectivity index is 2.49. The van der Waals surface area contributed by atoms with E-state index in [1.807, 2.05) is 38.1 Å². The average Bonchev–Trinajstić information content (AvgIpc) is 2.27. The molecule has 0 spiro atoms. The molecule has 1 nitrogen and oxygen atoms in total. The first-order valence-electron chi connectivity index (χ1n) is 5.88. The average molecular weight is 247 g/mol. The van der Waals surface area contributed by atoms with Crippen molar-refractivity contribution in [3.8, 4) is 11.1 Å². The van der Waals surface area contributed by atoms with Gasteiger partial charge in [-0.2, -0.15) is 0 Å². The van der Waals surface area contributed by atoms with Crippen LogP contribution in [0.25, 0.3) is 11.1 Å². The van der Waals surface area contributed by atoms with Crippen molar-refractivity contribution in [2.24, 2.45) is 0 Å². The van der Waals surface area contributed by atoms with Crippen LogP contribution in [-0.2, 0) is 0 Å².